The van der Waals surface area contributed by atoms with E-state index in [-0.39, 0.29) is 33.8 Å². The van der Waals surface area contributed by atoms with Crippen LogP contribution in [0, 0.1) is 25.2 Å². The standard InChI is InChI=1S/C24H27ClN2O3/c1-12-6-16-17(7-13(12)2)27-22(14-8-15(25)23(29)20(9-14)30-5)21-18(26-16)10-24(3,4)11-19(21)28/h6-10,21-22,26-27,29H,11H2,1-5H3. The number of hydrogen-bond acceptors (Lipinski definition) is 5. The Bertz CT molecular complexity index is 1070. The zero-order chi connectivity index (χ0) is 21.8. The number of hydrogen-bond donors (Lipinski definition) is 3. The average molecular weight is 427 g/mol. The minimum absolute atomic E-state index is 0.103. The molecule has 2 aromatic rings. The Morgan fingerprint density at radius 3 is 2.47 bits per heavy atom. The minimum Gasteiger partial charge on any atom is -0.503 e. The Morgan fingerprint density at radius 2 is 1.80 bits per heavy atom. The third-order valence-electron chi connectivity index (χ3n) is 6.05. The molecule has 4 rings (SSSR count). The first-order chi connectivity index (χ1) is 14.1. The van der Waals surface area contributed by atoms with E-state index in [1.807, 2.05) is 0 Å². The molecule has 0 saturated carbocycles. The number of carbonyl (C=O) groups is 1. The average Bonchev–Trinajstić information content (AvgIpc) is 2.80. The fourth-order valence-electron chi connectivity index (χ4n) is 4.42. The third-order valence-corrected chi connectivity index (χ3v) is 6.33. The number of aromatic hydroxyl groups is 1. The number of benzene rings is 2. The topological polar surface area (TPSA) is 70.6 Å². The van der Waals surface area contributed by atoms with Gasteiger partial charge in [-0.05, 0) is 60.2 Å². The molecule has 0 aromatic heterocycles. The first-order valence-corrected chi connectivity index (χ1v) is 10.4. The number of phenols is 1. The first-order valence-electron chi connectivity index (χ1n) is 10.1. The summed E-state index contributed by atoms with van der Waals surface area (Å²) in [6, 6.07) is 7.29. The number of methoxy groups -OCH3 is 1. The summed E-state index contributed by atoms with van der Waals surface area (Å²) in [4.78, 5) is 13.3. The second kappa shape index (κ2) is 7.24. The van der Waals surface area contributed by atoms with Gasteiger partial charge in [0, 0.05) is 12.1 Å². The number of allylic oxidation sites excluding steroid dienone is 1. The van der Waals surface area contributed by atoms with E-state index in [9.17, 15) is 9.90 Å². The number of fused-ring (bicyclic) bond motifs is 2. The number of carbonyl (C=O) groups excluding carboxylic acids is 1. The number of ketones is 1. The molecule has 0 radical (unpaired) electrons. The summed E-state index contributed by atoms with van der Waals surface area (Å²) in [5, 5.41) is 17.5. The van der Waals surface area contributed by atoms with Gasteiger partial charge in [-0.2, -0.15) is 0 Å². The molecule has 2 unspecified atom stereocenters. The molecule has 1 heterocycles. The number of nitrogens with one attached hydrogen (secondary N) is 2. The molecule has 30 heavy (non-hydrogen) atoms. The summed E-state index contributed by atoms with van der Waals surface area (Å²) >= 11 is 6.29. The number of Topliss-reactive ketones (excluding diaryl/α,β-unsaturated/α-hetero) is 1. The predicted octanol–water partition coefficient (Wildman–Crippen LogP) is 5.75. The van der Waals surface area contributed by atoms with Gasteiger partial charge in [-0.15, -0.1) is 0 Å². The molecule has 5 nitrogen and oxygen atoms in total. The van der Waals surface area contributed by atoms with Crippen molar-refractivity contribution in [3.8, 4) is 11.5 Å². The monoisotopic (exact) mass is 426 g/mol. The van der Waals surface area contributed by atoms with Gasteiger partial charge in [-0.1, -0.05) is 31.5 Å². The van der Waals surface area contributed by atoms with Crippen LogP contribution in [0.5, 0.6) is 11.5 Å². The van der Waals surface area contributed by atoms with Gasteiger partial charge in [0.1, 0.15) is 5.78 Å². The molecule has 158 valence electrons. The van der Waals surface area contributed by atoms with Crippen LogP contribution in [0.1, 0.15) is 43.0 Å². The summed E-state index contributed by atoms with van der Waals surface area (Å²) in [5.74, 6) is -0.0670. The highest BCUT2D eigenvalue weighted by Crippen LogP contribution is 2.47. The van der Waals surface area contributed by atoms with E-state index in [0.717, 1.165) is 28.2 Å². The van der Waals surface area contributed by atoms with Crippen molar-refractivity contribution in [2.75, 3.05) is 17.7 Å². The second-order valence-corrected chi connectivity index (χ2v) is 9.40. The summed E-state index contributed by atoms with van der Waals surface area (Å²) in [6.45, 7) is 8.29. The van der Waals surface area contributed by atoms with E-state index >= 15 is 0 Å². The maximum Gasteiger partial charge on any atom is 0.176 e. The highest BCUT2D eigenvalue weighted by atomic mass is 35.5. The van der Waals surface area contributed by atoms with Crippen LogP contribution in [0.4, 0.5) is 11.4 Å². The van der Waals surface area contributed by atoms with Crippen LogP contribution in [-0.4, -0.2) is 18.0 Å². The molecule has 2 aliphatic rings. The zero-order valence-electron chi connectivity index (χ0n) is 17.9. The van der Waals surface area contributed by atoms with Crippen molar-refractivity contribution in [1.82, 2.24) is 0 Å². The summed E-state index contributed by atoms with van der Waals surface area (Å²) < 4.78 is 5.31. The maximum atomic E-state index is 13.3. The van der Waals surface area contributed by atoms with Gasteiger partial charge >= 0.3 is 0 Å². The summed E-state index contributed by atoms with van der Waals surface area (Å²) in [5.41, 5.74) is 5.65. The molecule has 0 bridgehead atoms. The van der Waals surface area contributed by atoms with Crippen molar-refractivity contribution in [1.29, 1.82) is 0 Å². The van der Waals surface area contributed by atoms with Crippen LogP contribution in [0.2, 0.25) is 5.02 Å². The van der Waals surface area contributed by atoms with Crippen LogP contribution in [-0.2, 0) is 4.79 Å². The smallest absolute Gasteiger partial charge is 0.176 e. The van der Waals surface area contributed by atoms with Gasteiger partial charge in [0.05, 0.1) is 35.5 Å². The van der Waals surface area contributed by atoms with Crippen molar-refractivity contribution >= 4 is 28.8 Å². The van der Waals surface area contributed by atoms with Crippen molar-refractivity contribution in [2.45, 2.75) is 40.2 Å². The third kappa shape index (κ3) is 3.52. The Hall–Kier alpha value is -2.66. The quantitative estimate of drug-likeness (QED) is 0.570. The molecule has 2 atom stereocenters. The lowest BCUT2D eigenvalue weighted by atomic mass is 9.72. The van der Waals surface area contributed by atoms with Crippen LogP contribution < -0.4 is 15.4 Å². The lowest BCUT2D eigenvalue weighted by Gasteiger charge is -2.35. The van der Waals surface area contributed by atoms with Crippen LogP contribution in [0.15, 0.2) is 36.0 Å². The Morgan fingerprint density at radius 1 is 1.13 bits per heavy atom. The molecule has 1 aliphatic heterocycles. The number of aryl methyl sites for hydroxylation is 2. The van der Waals surface area contributed by atoms with Crippen molar-refractivity contribution in [2.24, 2.45) is 11.3 Å². The van der Waals surface area contributed by atoms with E-state index in [0.29, 0.717) is 6.42 Å². The largest absolute Gasteiger partial charge is 0.503 e. The Kier molecular flexibility index (Phi) is 4.97. The van der Waals surface area contributed by atoms with E-state index in [2.05, 4.69) is 56.5 Å². The molecule has 3 N–H and O–H groups in total. The SMILES string of the molecule is COc1cc(C2Nc3cc(C)c(C)cc3NC3=CC(C)(C)CC(=O)C32)cc(Cl)c1O. The van der Waals surface area contributed by atoms with Crippen molar-refractivity contribution in [3.05, 3.63) is 57.8 Å². The molecule has 2 aromatic carbocycles. The number of anilines is 2. The maximum absolute atomic E-state index is 13.3. The molecule has 0 spiro atoms. The molecule has 0 saturated heterocycles. The normalized spacial score (nSPS) is 22.1. The van der Waals surface area contributed by atoms with E-state index in [1.54, 1.807) is 12.1 Å². The van der Waals surface area contributed by atoms with Crippen LogP contribution >= 0.6 is 11.6 Å². The van der Waals surface area contributed by atoms with Gasteiger partial charge in [0.15, 0.2) is 11.5 Å². The van der Waals surface area contributed by atoms with E-state index in [1.165, 1.54) is 12.7 Å². The molecule has 6 heteroatoms. The predicted molar refractivity (Wildman–Crippen MR) is 121 cm³/mol. The number of rotatable bonds is 2. The number of ether oxygens (including phenoxy) is 1. The van der Waals surface area contributed by atoms with E-state index < -0.39 is 5.92 Å². The lowest BCUT2D eigenvalue weighted by molar-refractivity contribution is -0.124. The molecule has 0 amide bonds. The van der Waals surface area contributed by atoms with Crippen LogP contribution in [0.3, 0.4) is 0 Å². The minimum atomic E-state index is -0.406. The second-order valence-electron chi connectivity index (χ2n) is 8.99. The summed E-state index contributed by atoms with van der Waals surface area (Å²) in [6.07, 6.45) is 2.62. The Labute approximate surface area is 182 Å². The fraction of sp³-hybridized carbons (Fsp3) is 0.375. The zero-order valence-corrected chi connectivity index (χ0v) is 18.6. The van der Waals surface area contributed by atoms with Gasteiger partial charge in [-0.25, -0.2) is 0 Å². The van der Waals surface area contributed by atoms with Crippen LogP contribution in [0.25, 0.3) is 0 Å². The van der Waals surface area contributed by atoms with Crippen molar-refractivity contribution in [3.63, 3.8) is 0 Å². The van der Waals surface area contributed by atoms with Gasteiger partial charge in [0.25, 0.3) is 0 Å². The van der Waals surface area contributed by atoms with Gasteiger partial charge < -0.3 is 20.5 Å². The molecule has 0 fully saturated rings. The highest BCUT2D eigenvalue weighted by Gasteiger charge is 2.42. The van der Waals surface area contributed by atoms with Gasteiger partial charge in [-0.3, -0.25) is 4.79 Å². The molecule has 1 aliphatic carbocycles. The lowest BCUT2D eigenvalue weighted by Crippen LogP contribution is -2.36. The first kappa shape index (κ1) is 20.6. The van der Waals surface area contributed by atoms with E-state index in [4.69, 9.17) is 16.3 Å². The fourth-order valence-corrected chi connectivity index (χ4v) is 4.64. The molecular weight excluding hydrogens is 400 g/mol. The number of halogens is 1. The summed E-state index contributed by atoms with van der Waals surface area (Å²) in [7, 11) is 1.48. The Balaban J connectivity index is 1.93. The highest BCUT2D eigenvalue weighted by molar-refractivity contribution is 6.32. The van der Waals surface area contributed by atoms with Gasteiger partial charge in [0.2, 0.25) is 0 Å². The van der Waals surface area contributed by atoms with Crippen molar-refractivity contribution < 1.29 is 14.6 Å². The number of phenolic OH excluding ortho intramolecular Hbond substituents is 1. The molecular formula is C24H27ClN2O3.